The van der Waals surface area contributed by atoms with E-state index < -0.39 is 0 Å². The van der Waals surface area contributed by atoms with Crippen LogP contribution in [0.1, 0.15) is 29.8 Å². The molecule has 3 rings (SSSR count). The lowest BCUT2D eigenvalue weighted by Crippen LogP contribution is -2.41. The summed E-state index contributed by atoms with van der Waals surface area (Å²) in [6.45, 7) is 7.74. The third-order valence-corrected chi connectivity index (χ3v) is 4.42. The minimum atomic E-state index is 0.585. The maximum absolute atomic E-state index is 3.67. The molecule has 1 N–H and O–H groups in total. The standard InChI is InChI=1S/C18H25N3/c1-15-8-9-16(2)21(15)19-18-10-12-20(13-11-18)14-17-6-4-3-5-7-17/h3-9,18-19H,10-14H2,1-2H3. The molecule has 1 aliphatic heterocycles. The van der Waals surface area contributed by atoms with Gasteiger partial charge in [-0.2, -0.15) is 0 Å². The van der Waals surface area contributed by atoms with Crippen LogP contribution in [0.5, 0.6) is 0 Å². The number of hydrogen-bond acceptors (Lipinski definition) is 2. The molecule has 2 heterocycles. The molecular formula is C18H25N3. The van der Waals surface area contributed by atoms with E-state index in [-0.39, 0.29) is 0 Å². The predicted octanol–water partition coefficient (Wildman–Crippen LogP) is 3.31. The highest BCUT2D eigenvalue weighted by Gasteiger charge is 2.19. The van der Waals surface area contributed by atoms with Gasteiger partial charge in [-0.05, 0) is 44.4 Å². The fourth-order valence-electron chi connectivity index (χ4n) is 3.12. The van der Waals surface area contributed by atoms with Crippen molar-refractivity contribution < 1.29 is 0 Å². The van der Waals surface area contributed by atoms with E-state index in [2.05, 4.69) is 71.3 Å². The lowest BCUT2D eigenvalue weighted by atomic mass is 10.0. The fraction of sp³-hybridized carbons (Fsp3) is 0.444. The van der Waals surface area contributed by atoms with E-state index >= 15 is 0 Å². The fourth-order valence-corrected chi connectivity index (χ4v) is 3.12. The Bertz CT molecular complexity index is 546. The minimum absolute atomic E-state index is 0.585. The van der Waals surface area contributed by atoms with Crippen molar-refractivity contribution in [3.05, 3.63) is 59.4 Å². The number of nitrogens with one attached hydrogen (secondary N) is 1. The van der Waals surface area contributed by atoms with E-state index in [9.17, 15) is 0 Å². The molecule has 1 aromatic carbocycles. The second kappa shape index (κ2) is 6.35. The second-order valence-corrected chi connectivity index (χ2v) is 6.12. The Morgan fingerprint density at radius 1 is 0.952 bits per heavy atom. The highest BCUT2D eigenvalue weighted by molar-refractivity contribution is 5.16. The SMILES string of the molecule is Cc1ccc(C)n1NC1CCN(Cc2ccccc2)CC1. The van der Waals surface area contributed by atoms with Crippen molar-refractivity contribution >= 4 is 0 Å². The van der Waals surface area contributed by atoms with Crippen LogP contribution in [0.25, 0.3) is 0 Å². The number of hydrogen-bond donors (Lipinski definition) is 1. The lowest BCUT2D eigenvalue weighted by molar-refractivity contribution is 0.207. The molecule has 1 fully saturated rings. The van der Waals surface area contributed by atoms with Crippen molar-refractivity contribution in [3.8, 4) is 0 Å². The Labute approximate surface area is 127 Å². The summed E-state index contributed by atoms with van der Waals surface area (Å²) >= 11 is 0. The Hall–Kier alpha value is -1.74. The molecule has 0 unspecified atom stereocenters. The summed E-state index contributed by atoms with van der Waals surface area (Å²) in [5, 5.41) is 0. The van der Waals surface area contributed by atoms with E-state index in [1.54, 1.807) is 0 Å². The number of benzene rings is 1. The van der Waals surface area contributed by atoms with E-state index in [1.165, 1.54) is 42.9 Å². The van der Waals surface area contributed by atoms with Gasteiger partial charge in [-0.3, -0.25) is 9.58 Å². The monoisotopic (exact) mass is 283 g/mol. The first-order valence-corrected chi connectivity index (χ1v) is 7.90. The smallest absolute Gasteiger partial charge is 0.0448 e. The van der Waals surface area contributed by atoms with Crippen LogP contribution >= 0.6 is 0 Å². The Morgan fingerprint density at radius 3 is 2.19 bits per heavy atom. The van der Waals surface area contributed by atoms with Crippen LogP contribution in [-0.2, 0) is 6.54 Å². The van der Waals surface area contributed by atoms with Crippen LogP contribution in [-0.4, -0.2) is 28.7 Å². The molecule has 1 aliphatic rings. The molecule has 0 atom stereocenters. The summed E-state index contributed by atoms with van der Waals surface area (Å²) in [4.78, 5) is 2.56. The zero-order valence-electron chi connectivity index (χ0n) is 13.0. The van der Waals surface area contributed by atoms with E-state index in [1.807, 2.05) is 0 Å². The van der Waals surface area contributed by atoms with Crippen LogP contribution in [0.3, 0.4) is 0 Å². The third-order valence-electron chi connectivity index (χ3n) is 4.42. The summed E-state index contributed by atoms with van der Waals surface area (Å²) in [7, 11) is 0. The first kappa shape index (κ1) is 14.2. The zero-order valence-corrected chi connectivity index (χ0v) is 13.0. The molecule has 21 heavy (non-hydrogen) atoms. The summed E-state index contributed by atoms with van der Waals surface area (Å²) in [6, 6.07) is 15.7. The van der Waals surface area contributed by atoms with Gasteiger partial charge >= 0.3 is 0 Å². The van der Waals surface area contributed by atoms with Gasteiger partial charge in [0.15, 0.2) is 0 Å². The molecule has 0 aliphatic carbocycles. The van der Waals surface area contributed by atoms with E-state index in [4.69, 9.17) is 0 Å². The second-order valence-electron chi connectivity index (χ2n) is 6.12. The highest BCUT2D eigenvalue weighted by Crippen LogP contribution is 2.16. The van der Waals surface area contributed by atoms with Gasteiger partial charge in [-0.25, -0.2) is 0 Å². The molecule has 2 aromatic rings. The largest absolute Gasteiger partial charge is 0.323 e. The normalized spacial score (nSPS) is 17.0. The molecule has 0 spiro atoms. The topological polar surface area (TPSA) is 20.2 Å². The van der Waals surface area contributed by atoms with Crippen LogP contribution in [0.4, 0.5) is 0 Å². The number of nitrogens with zero attached hydrogens (tertiary/aromatic N) is 2. The van der Waals surface area contributed by atoms with Gasteiger partial charge in [-0.15, -0.1) is 0 Å². The summed E-state index contributed by atoms with van der Waals surface area (Å²) in [5.41, 5.74) is 7.67. The summed E-state index contributed by atoms with van der Waals surface area (Å²) in [5.74, 6) is 0. The molecule has 3 nitrogen and oxygen atoms in total. The van der Waals surface area contributed by atoms with Gasteiger partial charge in [0.05, 0.1) is 0 Å². The van der Waals surface area contributed by atoms with Crippen LogP contribution in [0, 0.1) is 13.8 Å². The minimum Gasteiger partial charge on any atom is -0.323 e. The number of piperidine rings is 1. The molecule has 0 bridgehead atoms. The predicted molar refractivity (Wildman–Crippen MR) is 88.0 cm³/mol. The Morgan fingerprint density at radius 2 is 1.57 bits per heavy atom. The van der Waals surface area contributed by atoms with Crippen molar-refractivity contribution in [2.45, 2.75) is 39.3 Å². The quantitative estimate of drug-likeness (QED) is 0.929. The van der Waals surface area contributed by atoms with Crippen molar-refractivity contribution in [1.82, 2.24) is 9.58 Å². The van der Waals surface area contributed by atoms with E-state index in [0.717, 1.165) is 6.54 Å². The highest BCUT2D eigenvalue weighted by atomic mass is 15.4. The molecule has 3 heteroatoms. The number of aromatic nitrogens is 1. The van der Waals surface area contributed by atoms with Crippen LogP contribution in [0.15, 0.2) is 42.5 Å². The average molecular weight is 283 g/mol. The van der Waals surface area contributed by atoms with Crippen molar-refractivity contribution in [3.63, 3.8) is 0 Å². The van der Waals surface area contributed by atoms with Gasteiger partial charge < -0.3 is 5.43 Å². The molecule has 112 valence electrons. The van der Waals surface area contributed by atoms with Gasteiger partial charge in [0.1, 0.15) is 0 Å². The molecule has 0 radical (unpaired) electrons. The third kappa shape index (κ3) is 3.48. The number of likely N-dealkylation sites (tertiary alicyclic amines) is 1. The molecule has 1 aromatic heterocycles. The number of aryl methyl sites for hydroxylation is 2. The molecule has 1 saturated heterocycles. The van der Waals surface area contributed by atoms with Gasteiger partial charge in [0.2, 0.25) is 0 Å². The van der Waals surface area contributed by atoms with Gasteiger partial charge in [0, 0.05) is 37.1 Å². The first-order chi connectivity index (χ1) is 10.2. The van der Waals surface area contributed by atoms with Crippen molar-refractivity contribution in [1.29, 1.82) is 0 Å². The molecular weight excluding hydrogens is 258 g/mol. The maximum atomic E-state index is 3.67. The lowest BCUT2D eigenvalue weighted by Gasteiger charge is -2.33. The van der Waals surface area contributed by atoms with Crippen LogP contribution in [0.2, 0.25) is 0 Å². The van der Waals surface area contributed by atoms with Crippen molar-refractivity contribution in [2.75, 3.05) is 18.5 Å². The zero-order chi connectivity index (χ0) is 14.7. The molecule has 0 saturated carbocycles. The van der Waals surface area contributed by atoms with Crippen LogP contribution < -0.4 is 5.43 Å². The van der Waals surface area contributed by atoms with Gasteiger partial charge in [0.25, 0.3) is 0 Å². The van der Waals surface area contributed by atoms with Crippen molar-refractivity contribution in [2.24, 2.45) is 0 Å². The summed E-state index contributed by atoms with van der Waals surface area (Å²) < 4.78 is 2.23. The maximum Gasteiger partial charge on any atom is 0.0448 e. The summed E-state index contributed by atoms with van der Waals surface area (Å²) in [6.07, 6.45) is 2.42. The Balaban J connectivity index is 1.51. The average Bonchev–Trinajstić information content (AvgIpc) is 2.82. The van der Waals surface area contributed by atoms with E-state index in [0.29, 0.717) is 6.04 Å². The first-order valence-electron chi connectivity index (χ1n) is 7.90. The Kier molecular flexibility index (Phi) is 4.30. The molecule has 0 amide bonds. The van der Waals surface area contributed by atoms with Gasteiger partial charge in [-0.1, -0.05) is 30.3 Å². The number of rotatable bonds is 4.